The lowest BCUT2D eigenvalue weighted by atomic mass is 10.0. The van der Waals surface area contributed by atoms with E-state index in [-0.39, 0.29) is 5.54 Å². The number of hydrogen-bond donors (Lipinski definition) is 1. The smallest absolute Gasteiger partial charge is 0.340 e. The number of carbonyl (C=O) groups is 1. The maximum atomic E-state index is 11.8. The third-order valence-corrected chi connectivity index (χ3v) is 2.29. The van der Waals surface area contributed by atoms with Crippen molar-refractivity contribution in [1.29, 1.82) is 0 Å². The van der Waals surface area contributed by atoms with E-state index < -0.39 is 12.2 Å². The van der Waals surface area contributed by atoms with Crippen LogP contribution >= 0.6 is 0 Å². The Morgan fingerprint density at radius 3 is 2.61 bits per heavy atom. The maximum Gasteiger partial charge on any atom is 0.340 e. The predicted octanol–water partition coefficient (Wildman–Crippen LogP) is 1.31. The largest absolute Gasteiger partial charge is 0.468 e. The van der Waals surface area contributed by atoms with Gasteiger partial charge in [0.05, 0.1) is 24.6 Å². The Bertz CT molecular complexity index is 419. The number of nitrogens with one attached hydrogen (secondary N) is 1. The standard InChI is InChI=1S/C12H18N3O3/c1-7-6-18-10(15-13)9(14-12(2,3)4)8(7)11(16)17-5/h6,10,14H,1-5H3. The van der Waals surface area contributed by atoms with Crippen LogP contribution in [0.25, 0.3) is 0 Å². The van der Waals surface area contributed by atoms with Crippen LogP contribution in [-0.2, 0) is 14.3 Å². The van der Waals surface area contributed by atoms with Crippen LogP contribution in [-0.4, -0.2) is 24.8 Å². The summed E-state index contributed by atoms with van der Waals surface area (Å²) in [6, 6.07) is 0. The molecule has 1 N–H and O–H groups in total. The minimum absolute atomic E-state index is 0.307. The van der Waals surface area contributed by atoms with Gasteiger partial charge in [-0.2, -0.15) is 0 Å². The Kier molecular flexibility index (Phi) is 4.11. The van der Waals surface area contributed by atoms with Gasteiger partial charge in [0.15, 0.2) is 0 Å². The summed E-state index contributed by atoms with van der Waals surface area (Å²) in [5, 5.41) is 6.23. The van der Waals surface area contributed by atoms with E-state index >= 15 is 0 Å². The number of ether oxygens (including phenoxy) is 2. The molecule has 1 aliphatic rings. The quantitative estimate of drug-likeness (QED) is 0.606. The van der Waals surface area contributed by atoms with Crippen molar-refractivity contribution in [3.63, 3.8) is 0 Å². The molecule has 18 heavy (non-hydrogen) atoms. The fraction of sp³-hybridized carbons (Fsp3) is 0.583. The average molecular weight is 252 g/mol. The molecule has 1 unspecified atom stereocenters. The second kappa shape index (κ2) is 5.20. The lowest BCUT2D eigenvalue weighted by Gasteiger charge is -2.30. The summed E-state index contributed by atoms with van der Waals surface area (Å²) >= 11 is 0. The fourth-order valence-electron chi connectivity index (χ4n) is 1.62. The molecule has 0 aromatic rings. The van der Waals surface area contributed by atoms with E-state index in [1.807, 2.05) is 20.8 Å². The molecule has 0 fully saturated rings. The Morgan fingerprint density at radius 2 is 2.17 bits per heavy atom. The molecule has 0 spiro atoms. The van der Waals surface area contributed by atoms with Gasteiger partial charge in [0, 0.05) is 11.1 Å². The second-order valence-corrected chi connectivity index (χ2v) is 5.06. The first kappa shape index (κ1) is 14.2. The summed E-state index contributed by atoms with van der Waals surface area (Å²) in [6.07, 6.45) is 0.437. The van der Waals surface area contributed by atoms with Crippen LogP contribution < -0.4 is 10.8 Å². The van der Waals surface area contributed by atoms with Gasteiger partial charge in [-0.1, -0.05) is 0 Å². The molecule has 6 heteroatoms. The number of nitrogens with zero attached hydrogens (tertiary/aromatic N) is 2. The van der Waals surface area contributed by atoms with Gasteiger partial charge in [-0.3, -0.25) is 0 Å². The highest BCUT2D eigenvalue weighted by molar-refractivity contribution is 5.94. The topological polar surface area (TPSA) is 82.2 Å². The SMILES string of the molecule is COC(=O)C1=C(NC(C)(C)C)C(N=[N])OC=C1C. The molecule has 1 radical (unpaired) electrons. The van der Waals surface area contributed by atoms with E-state index in [0.717, 1.165) is 0 Å². The average Bonchev–Trinajstić information content (AvgIpc) is 2.27. The van der Waals surface area contributed by atoms with Gasteiger partial charge in [-0.25, -0.2) is 4.79 Å². The number of rotatable bonds is 3. The summed E-state index contributed by atoms with van der Waals surface area (Å²) < 4.78 is 9.96. The fourth-order valence-corrected chi connectivity index (χ4v) is 1.62. The molecule has 0 saturated carbocycles. The van der Waals surface area contributed by atoms with Crippen molar-refractivity contribution >= 4 is 5.97 Å². The molecule has 0 bridgehead atoms. The van der Waals surface area contributed by atoms with Gasteiger partial charge in [0.1, 0.15) is 0 Å². The van der Waals surface area contributed by atoms with Crippen molar-refractivity contribution in [2.45, 2.75) is 39.5 Å². The highest BCUT2D eigenvalue weighted by Gasteiger charge is 2.31. The van der Waals surface area contributed by atoms with Gasteiger partial charge < -0.3 is 14.8 Å². The lowest BCUT2D eigenvalue weighted by Crippen LogP contribution is -2.41. The summed E-state index contributed by atoms with van der Waals surface area (Å²) in [5.41, 5.74) is 10.0. The van der Waals surface area contributed by atoms with Crippen molar-refractivity contribution in [1.82, 2.24) is 10.8 Å². The number of carbonyl (C=O) groups excluding carboxylic acids is 1. The second-order valence-electron chi connectivity index (χ2n) is 5.06. The normalized spacial score (nSPS) is 19.8. The van der Waals surface area contributed by atoms with Crippen LogP contribution in [0.1, 0.15) is 27.7 Å². The van der Waals surface area contributed by atoms with Crippen LogP contribution in [0.4, 0.5) is 0 Å². The van der Waals surface area contributed by atoms with Crippen molar-refractivity contribution < 1.29 is 14.3 Å². The summed E-state index contributed by atoms with van der Waals surface area (Å²) in [7, 11) is 1.30. The maximum absolute atomic E-state index is 11.8. The molecule has 1 rings (SSSR count). The van der Waals surface area contributed by atoms with E-state index in [1.165, 1.54) is 13.4 Å². The van der Waals surface area contributed by atoms with E-state index in [0.29, 0.717) is 16.8 Å². The molecule has 1 aliphatic heterocycles. The monoisotopic (exact) mass is 252 g/mol. The summed E-state index contributed by atoms with van der Waals surface area (Å²) in [4.78, 5) is 11.8. The first-order valence-corrected chi connectivity index (χ1v) is 5.57. The third-order valence-electron chi connectivity index (χ3n) is 2.29. The van der Waals surface area contributed by atoms with Crippen LogP contribution in [0.2, 0.25) is 0 Å². The molecule has 0 aliphatic carbocycles. The summed E-state index contributed by atoms with van der Waals surface area (Å²) in [5.74, 6) is -0.493. The van der Waals surface area contributed by atoms with Gasteiger partial charge in [-0.05, 0) is 33.2 Å². The molecule has 1 atom stereocenters. The zero-order valence-electron chi connectivity index (χ0n) is 11.3. The van der Waals surface area contributed by atoms with E-state index in [1.54, 1.807) is 6.92 Å². The van der Waals surface area contributed by atoms with Gasteiger partial charge >= 0.3 is 5.97 Å². The van der Waals surface area contributed by atoms with Gasteiger partial charge in [0.25, 0.3) is 6.23 Å². The van der Waals surface area contributed by atoms with E-state index in [2.05, 4.69) is 10.4 Å². The zero-order chi connectivity index (χ0) is 13.9. The molecule has 99 valence electrons. The number of methoxy groups -OCH3 is 1. The first-order chi connectivity index (χ1) is 8.30. The Hall–Kier alpha value is -1.85. The van der Waals surface area contributed by atoms with Gasteiger partial charge in [0.2, 0.25) is 0 Å². The van der Waals surface area contributed by atoms with Gasteiger partial charge in [-0.15, -0.1) is 5.11 Å². The minimum Gasteiger partial charge on any atom is -0.468 e. The molecule has 0 aromatic carbocycles. The molecule has 1 heterocycles. The predicted molar refractivity (Wildman–Crippen MR) is 65.1 cm³/mol. The highest BCUT2D eigenvalue weighted by Crippen LogP contribution is 2.26. The third kappa shape index (κ3) is 3.09. The van der Waals surface area contributed by atoms with Crippen molar-refractivity contribution in [2.75, 3.05) is 7.11 Å². The Morgan fingerprint density at radius 1 is 1.56 bits per heavy atom. The van der Waals surface area contributed by atoms with Crippen LogP contribution in [0.5, 0.6) is 0 Å². The highest BCUT2D eigenvalue weighted by atomic mass is 16.5. The van der Waals surface area contributed by atoms with Crippen molar-refractivity contribution in [3.05, 3.63) is 23.1 Å². The lowest BCUT2D eigenvalue weighted by molar-refractivity contribution is -0.136. The number of hydrogen-bond acceptors (Lipinski definition) is 5. The summed E-state index contributed by atoms with van der Waals surface area (Å²) in [6.45, 7) is 7.51. The molecule has 0 aromatic heterocycles. The van der Waals surface area contributed by atoms with Crippen molar-refractivity contribution in [3.8, 4) is 0 Å². The molecule has 6 nitrogen and oxygen atoms in total. The van der Waals surface area contributed by atoms with Crippen LogP contribution in [0, 0.1) is 0 Å². The molecular weight excluding hydrogens is 234 g/mol. The number of esters is 1. The van der Waals surface area contributed by atoms with Crippen molar-refractivity contribution in [2.24, 2.45) is 5.11 Å². The molecule has 0 saturated heterocycles. The molecule has 0 amide bonds. The van der Waals surface area contributed by atoms with E-state index in [4.69, 9.17) is 15.0 Å². The minimum atomic E-state index is -0.943. The van der Waals surface area contributed by atoms with E-state index in [9.17, 15) is 4.79 Å². The Labute approximate surface area is 107 Å². The van der Waals surface area contributed by atoms with Crippen LogP contribution in [0.15, 0.2) is 28.2 Å². The molecular formula is C12H18N3O3. The first-order valence-electron chi connectivity index (χ1n) is 5.57. The Balaban J connectivity index is 3.28. The zero-order valence-corrected chi connectivity index (χ0v) is 11.3. The van der Waals surface area contributed by atoms with Crippen LogP contribution in [0.3, 0.4) is 0 Å².